The largest absolute Gasteiger partial charge is 0.395 e. The van der Waals surface area contributed by atoms with Gasteiger partial charge in [0.05, 0.1) is 33.5 Å². The van der Waals surface area contributed by atoms with Crippen molar-refractivity contribution in [2.24, 2.45) is 21.4 Å². The molecular formula is C53H74Cl2FN9O6. The molecule has 0 N–H and O–H groups in total. The average Bonchev–Trinajstić information content (AvgIpc) is 4.22. The van der Waals surface area contributed by atoms with E-state index in [9.17, 15) is 4.39 Å². The number of nitrogens with zero attached hydrogens (tertiary/aromatic N) is 9. The maximum Gasteiger partial charge on any atom is 0.212 e. The van der Waals surface area contributed by atoms with Crippen LogP contribution in [0.5, 0.6) is 0 Å². The van der Waals surface area contributed by atoms with E-state index in [-0.39, 0.29) is 5.60 Å². The highest BCUT2D eigenvalue weighted by Crippen LogP contribution is 2.21. The Morgan fingerprint density at radius 1 is 0.662 bits per heavy atom. The lowest BCUT2D eigenvalue weighted by Gasteiger charge is -2.12. The lowest BCUT2D eigenvalue weighted by Crippen LogP contribution is -2.17. The summed E-state index contributed by atoms with van der Waals surface area (Å²) in [6.45, 7) is 30.5. The van der Waals surface area contributed by atoms with Crippen molar-refractivity contribution < 1.29 is 32.7 Å². The SMILES string of the molecule is CC1=NOC(C)(C)C1.CC1=NOC(C)C1.CC1=NOCC1.CC1CCOC1.Cc1cc(C)on1.Cc1ccc(Cl)nc1.Cc1ccc(F)nc1.Cc1cccnc1.Cc1ccon1.Cc1cncc(Cl)c1. The first-order chi connectivity index (χ1) is 33.6. The van der Waals surface area contributed by atoms with Crippen LogP contribution in [-0.2, 0) is 19.2 Å². The van der Waals surface area contributed by atoms with Crippen molar-refractivity contribution in [3.63, 3.8) is 0 Å². The third-order valence-electron chi connectivity index (χ3n) is 8.75. The van der Waals surface area contributed by atoms with Crippen molar-refractivity contribution >= 4 is 40.3 Å². The maximum atomic E-state index is 12.0. The molecule has 0 radical (unpaired) electrons. The molecule has 1 fully saturated rings. The number of aromatic nitrogens is 6. The Labute approximate surface area is 430 Å². The summed E-state index contributed by atoms with van der Waals surface area (Å²) in [5.74, 6) is 1.28. The van der Waals surface area contributed by atoms with Crippen molar-refractivity contribution in [1.29, 1.82) is 0 Å². The summed E-state index contributed by atoms with van der Waals surface area (Å²) < 4.78 is 26.2. The molecule has 388 valence electrons. The summed E-state index contributed by atoms with van der Waals surface area (Å²) >= 11 is 11.1. The highest BCUT2D eigenvalue weighted by molar-refractivity contribution is 6.30. The third kappa shape index (κ3) is 36.5. The minimum Gasteiger partial charge on any atom is -0.395 e. The Morgan fingerprint density at radius 2 is 1.35 bits per heavy atom. The molecule has 0 amide bonds. The van der Waals surface area contributed by atoms with Gasteiger partial charge in [-0.25, -0.2) is 9.97 Å². The van der Waals surface area contributed by atoms with E-state index in [1.807, 2.05) is 127 Å². The number of hydrogen-bond acceptors (Lipinski definition) is 15. The zero-order valence-corrected chi connectivity index (χ0v) is 45.5. The molecule has 10 rings (SSSR count). The summed E-state index contributed by atoms with van der Waals surface area (Å²) in [5, 5.41) is 19.6. The van der Waals surface area contributed by atoms with Crippen LogP contribution in [0.3, 0.4) is 0 Å². The second-order valence-corrected chi connectivity index (χ2v) is 18.3. The van der Waals surface area contributed by atoms with Crippen LogP contribution in [-0.4, -0.2) is 78.9 Å². The molecule has 0 saturated carbocycles. The molecule has 2 atom stereocenters. The Hall–Kier alpha value is -6.10. The monoisotopic (exact) mass is 1020 g/mol. The molecule has 0 aromatic carbocycles. The topological polar surface area (TPSA) is 178 Å². The Bertz CT molecular complexity index is 2240. The predicted octanol–water partition coefficient (Wildman–Crippen LogP) is 13.8. The van der Waals surface area contributed by atoms with Gasteiger partial charge in [0.2, 0.25) is 5.95 Å². The average molecular weight is 1020 g/mol. The number of rotatable bonds is 0. The van der Waals surface area contributed by atoms with Gasteiger partial charge < -0.3 is 28.3 Å². The van der Waals surface area contributed by atoms with E-state index in [1.165, 1.54) is 24.2 Å². The normalized spacial score (nSPS) is 15.9. The fourth-order valence-corrected chi connectivity index (χ4v) is 5.57. The van der Waals surface area contributed by atoms with Crippen LogP contribution in [0.4, 0.5) is 4.39 Å². The van der Waals surface area contributed by atoms with Crippen LogP contribution in [0.15, 0.2) is 123 Å². The van der Waals surface area contributed by atoms with E-state index in [4.69, 9.17) is 42.1 Å². The Kier molecular flexibility index (Phi) is 32.6. The maximum absolute atomic E-state index is 12.0. The minimum absolute atomic E-state index is 0.0376. The molecular weight excluding hydrogens is 949 g/mol. The molecule has 18 heteroatoms. The molecule has 0 spiro atoms. The highest BCUT2D eigenvalue weighted by atomic mass is 35.5. The van der Waals surface area contributed by atoms with Crippen LogP contribution >= 0.6 is 23.2 Å². The van der Waals surface area contributed by atoms with Gasteiger partial charge in [-0.2, -0.15) is 4.39 Å². The molecule has 6 aromatic heterocycles. The van der Waals surface area contributed by atoms with E-state index in [2.05, 4.69) is 62.0 Å². The summed E-state index contributed by atoms with van der Waals surface area (Å²) in [6.07, 6.45) is 16.3. The molecule has 0 bridgehead atoms. The standard InChI is InChI=1S/2C6H6ClN.C6H6FN.C6H11NO.C6H7N.C5H9NO.C5H7NO.C5H10O.C4H7NO.C4H5NO/c1-5-2-6(7)4-8-3-5;2*1-5-2-3-6(7)8-4-5;1-5-4-6(2,3)8-7-5;1-6-3-2-4-7-5-6;2*1-4-3-5(2)7-6-4;1-5-2-3-6-4-5;2*1-4-2-3-6-5-4/h3*2-4H,1H3;4H2,1-3H3;2-5H,1H3;5H,3H2,1-2H3;3H,1-2H3;5H,2-4H2,1H3;2-3H2,1H3;2-3H,1H3. The fraction of sp³-hybridized carbons (Fsp3) is 0.453. The molecule has 6 aromatic rings. The quantitative estimate of drug-likeness (QED) is 0.132. The lowest BCUT2D eigenvalue weighted by atomic mass is 10.0. The first-order valence-electron chi connectivity index (χ1n) is 23.1. The van der Waals surface area contributed by atoms with Crippen LogP contribution in [0.1, 0.15) is 114 Å². The second kappa shape index (κ2) is 36.8. The summed E-state index contributed by atoms with van der Waals surface area (Å²) in [6, 6.07) is 16.2. The smallest absolute Gasteiger partial charge is 0.212 e. The molecule has 2 unspecified atom stereocenters. The molecule has 4 aliphatic heterocycles. The van der Waals surface area contributed by atoms with E-state index in [1.54, 1.807) is 49.2 Å². The predicted molar refractivity (Wildman–Crippen MR) is 283 cm³/mol. The first-order valence-corrected chi connectivity index (χ1v) is 23.9. The van der Waals surface area contributed by atoms with Gasteiger partial charge in [-0.3, -0.25) is 9.97 Å². The Balaban J connectivity index is 0.000000395. The summed E-state index contributed by atoms with van der Waals surface area (Å²) in [4.78, 5) is 29.5. The van der Waals surface area contributed by atoms with Gasteiger partial charge >= 0.3 is 0 Å². The number of hydrogen-bond donors (Lipinski definition) is 0. The molecule has 1 saturated heterocycles. The van der Waals surface area contributed by atoms with E-state index >= 15 is 0 Å². The second-order valence-electron chi connectivity index (χ2n) is 17.4. The van der Waals surface area contributed by atoms with Crippen LogP contribution in [0.2, 0.25) is 10.2 Å². The zero-order valence-electron chi connectivity index (χ0n) is 44.0. The summed E-state index contributed by atoms with van der Waals surface area (Å²) in [7, 11) is 0. The van der Waals surface area contributed by atoms with Gasteiger partial charge in [-0.05, 0) is 149 Å². The van der Waals surface area contributed by atoms with Crippen LogP contribution < -0.4 is 0 Å². The van der Waals surface area contributed by atoms with Gasteiger partial charge in [-0.1, -0.05) is 74.1 Å². The van der Waals surface area contributed by atoms with E-state index in [0.717, 1.165) is 96.0 Å². The summed E-state index contributed by atoms with van der Waals surface area (Å²) in [5.41, 5.74) is 9.55. The number of pyridine rings is 4. The first kappa shape index (κ1) is 62.9. The van der Waals surface area contributed by atoms with Gasteiger partial charge in [-0.15, -0.1) is 0 Å². The van der Waals surface area contributed by atoms with Crippen molar-refractivity contribution in [3.05, 3.63) is 154 Å². The molecule has 15 nitrogen and oxygen atoms in total. The van der Waals surface area contributed by atoms with Crippen molar-refractivity contribution in [2.45, 2.75) is 134 Å². The van der Waals surface area contributed by atoms with E-state index < -0.39 is 5.95 Å². The Morgan fingerprint density at radius 3 is 1.58 bits per heavy atom. The van der Waals surface area contributed by atoms with Crippen LogP contribution in [0.25, 0.3) is 0 Å². The molecule has 10 heterocycles. The van der Waals surface area contributed by atoms with Crippen molar-refractivity contribution in [3.8, 4) is 0 Å². The number of halogens is 3. The van der Waals surface area contributed by atoms with Crippen molar-refractivity contribution in [1.82, 2.24) is 30.2 Å². The fourth-order valence-electron chi connectivity index (χ4n) is 5.23. The zero-order chi connectivity index (χ0) is 53.0. The molecule has 71 heavy (non-hydrogen) atoms. The van der Waals surface area contributed by atoms with Crippen LogP contribution in [0, 0.1) is 60.3 Å². The van der Waals surface area contributed by atoms with Gasteiger partial charge in [0.15, 0.2) is 0 Å². The minimum atomic E-state index is -0.421. The van der Waals surface area contributed by atoms with Crippen molar-refractivity contribution in [2.75, 3.05) is 19.8 Å². The van der Waals surface area contributed by atoms with E-state index in [0.29, 0.717) is 16.3 Å². The molecule has 4 aliphatic rings. The van der Waals surface area contributed by atoms with Gasteiger partial charge in [0, 0.05) is 81.8 Å². The lowest BCUT2D eigenvalue weighted by molar-refractivity contribution is 0.0123. The highest BCUT2D eigenvalue weighted by Gasteiger charge is 2.25. The number of oxime groups is 3. The van der Waals surface area contributed by atoms with Gasteiger partial charge in [0.25, 0.3) is 0 Å². The molecule has 0 aliphatic carbocycles. The van der Waals surface area contributed by atoms with Gasteiger partial charge in [0.1, 0.15) is 35.5 Å². The third-order valence-corrected chi connectivity index (χ3v) is 9.18. The number of aryl methyl sites for hydroxylation is 7. The number of ether oxygens (including phenoxy) is 1.